The van der Waals surface area contributed by atoms with Gasteiger partial charge in [-0.15, -0.1) is 10.2 Å². The van der Waals surface area contributed by atoms with Crippen LogP contribution in [0.5, 0.6) is 0 Å². The third-order valence-corrected chi connectivity index (χ3v) is 6.44. The van der Waals surface area contributed by atoms with Crippen molar-refractivity contribution >= 4 is 23.6 Å². The van der Waals surface area contributed by atoms with Crippen LogP contribution in [0, 0.1) is 5.92 Å². The second-order valence-corrected chi connectivity index (χ2v) is 8.60. The molecule has 1 N–H and O–H groups in total. The summed E-state index contributed by atoms with van der Waals surface area (Å²) in [4.78, 5) is 26.0. The molecule has 1 aromatic heterocycles. The minimum atomic E-state index is -0.0368. The third kappa shape index (κ3) is 5.18. The fraction of sp³-hybridized carbons (Fsp3) is 0.524. The molecular weight excluding hydrogens is 388 g/mol. The number of benzene rings is 1. The van der Waals surface area contributed by atoms with Crippen LogP contribution >= 0.6 is 11.8 Å². The Morgan fingerprint density at radius 3 is 2.72 bits per heavy atom. The fourth-order valence-electron chi connectivity index (χ4n) is 4.16. The number of hydrogen-bond acceptors (Lipinski definition) is 6. The largest absolute Gasteiger partial charge is 0.414 e. The van der Waals surface area contributed by atoms with E-state index < -0.39 is 0 Å². The maximum atomic E-state index is 12.6. The van der Waals surface area contributed by atoms with E-state index in [2.05, 4.69) is 27.6 Å². The van der Waals surface area contributed by atoms with Gasteiger partial charge in [-0.25, -0.2) is 0 Å². The van der Waals surface area contributed by atoms with Crippen LogP contribution in [0.3, 0.4) is 0 Å². The average molecular weight is 415 g/mol. The highest BCUT2D eigenvalue weighted by Crippen LogP contribution is 2.35. The van der Waals surface area contributed by atoms with Crippen molar-refractivity contribution in [3.63, 3.8) is 0 Å². The average Bonchev–Trinajstić information content (AvgIpc) is 3.49. The monoisotopic (exact) mass is 414 g/mol. The molecule has 1 aliphatic carbocycles. The molecule has 2 aliphatic rings. The highest BCUT2D eigenvalue weighted by molar-refractivity contribution is 7.99. The van der Waals surface area contributed by atoms with Gasteiger partial charge in [-0.1, -0.05) is 54.9 Å². The molecule has 7 nitrogen and oxygen atoms in total. The standard InChI is InChI=1S/C21H26N4O3S/c26-17(22-20(16-9-4-5-10-16)15-7-2-1-3-8-15)14-29-21-24-23-18(28-21)13-25-12-6-11-19(25)27/h1-3,7-8,16,20H,4-6,9-14H2,(H,22,26). The first-order valence-corrected chi connectivity index (χ1v) is 11.2. The highest BCUT2D eigenvalue weighted by Gasteiger charge is 2.28. The van der Waals surface area contributed by atoms with Crippen LogP contribution < -0.4 is 5.32 Å². The first-order chi connectivity index (χ1) is 14.2. The molecule has 2 amide bonds. The molecule has 4 rings (SSSR count). The van der Waals surface area contributed by atoms with Crippen LogP contribution in [0.15, 0.2) is 40.0 Å². The van der Waals surface area contributed by atoms with E-state index in [1.165, 1.54) is 24.6 Å². The van der Waals surface area contributed by atoms with Gasteiger partial charge in [0.1, 0.15) is 0 Å². The quantitative estimate of drug-likeness (QED) is 0.667. The van der Waals surface area contributed by atoms with Crippen LogP contribution in [0.2, 0.25) is 0 Å². The lowest BCUT2D eigenvalue weighted by Gasteiger charge is -2.25. The van der Waals surface area contributed by atoms with Crippen molar-refractivity contribution in [2.75, 3.05) is 12.3 Å². The van der Waals surface area contributed by atoms with E-state index >= 15 is 0 Å². The number of carbonyl (C=O) groups excluding carboxylic acids is 2. The maximum absolute atomic E-state index is 12.6. The van der Waals surface area contributed by atoms with Crippen LogP contribution in [0.1, 0.15) is 56.0 Å². The molecule has 1 unspecified atom stereocenters. The Balaban J connectivity index is 1.31. The van der Waals surface area contributed by atoms with Crippen LogP contribution in [-0.4, -0.2) is 39.2 Å². The van der Waals surface area contributed by atoms with Gasteiger partial charge in [-0.2, -0.15) is 0 Å². The number of nitrogens with one attached hydrogen (secondary N) is 1. The van der Waals surface area contributed by atoms with E-state index in [0.717, 1.165) is 31.4 Å². The second-order valence-electron chi connectivity index (χ2n) is 7.67. The highest BCUT2D eigenvalue weighted by atomic mass is 32.2. The van der Waals surface area contributed by atoms with E-state index in [0.29, 0.717) is 30.0 Å². The zero-order valence-electron chi connectivity index (χ0n) is 16.4. The zero-order chi connectivity index (χ0) is 20.1. The van der Waals surface area contributed by atoms with Crippen LogP contribution in [-0.2, 0) is 16.1 Å². The van der Waals surface area contributed by atoms with Crippen molar-refractivity contribution in [3.8, 4) is 0 Å². The molecule has 1 saturated heterocycles. The number of rotatable bonds is 8. The van der Waals surface area contributed by atoms with Crippen molar-refractivity contribution in [1.29, 1.82) is 0 Å². The minimum absolute atomic E-state index is 0.0368. The number of thioether (sulfide) groups is 1. The molecule has 2 heterocycles. The van der Waals surface area contributed by atoms with E-state index in [1.54, 1.807) is 4.90 Å². The van der Waals surface area contributed by atoms with Crippen molar-refractivity contribution in [2.45, 2.75) is 56.3 Å². The van der Waals surface area contributed by atoms with Crippen molar-refractivity contribution in [2.24, 2.45) is 5.92 Å². The van der Waals surface area contributed by atoms with E-state index in [4.69, 9.17) is 4.42 Å². The van der Waals surface area contributed by atoms with E-state index in [9.17, 15) is 9.59 Å². The van der Waals surface area contributed by atoms with Gasteiger partial charge in [0.15, 0.2) is 0 Å². The first kappa shape index (κ1) is 19.9. The SMILES string of the molecule is O=C(CSc1nnc(CN2CCCC2=O)o1)NC(c1ccccc1)C1CCCC1. The molecule has 1 aromatic carbocycles. The fourth-order valence-corrected chi connectivity index (χ4v) is 4.75. The van der Waals surface area contributed by atoms with Gasteiger partial charge < -0.3 is 14.6 Å². The van der Waals surface area contributed by atoms with Gasteiger partial charge in [-0.3, -0.25) is 9.59 Å². The maximum Gasteiger partial charge on any atom is 0.277 e. The van der Waals surface area contributed by atoms with Gasteiger partial charge in [0.2, 0.25) is 17.7 Å². The Bertz CT molecular complexity index is 835. The van der Waals surface area contributed by atoms with E-state index in [-0.39, 0.29) is 23.6 Å². The zero-order valence-corrected chi connectivity index (χ0v) is 17.2. The molecule has 1 atom stereocenters. The molecule has 1 saturated carbocycles. The van der Waals surface area contributed by atoms with Gasteiger partial charge in [0.25, 0.3) is 5.22 Å². The number of amides is 2. The molecular formula is C21H26N4O3S. The molecule has 2 aromatic rings. The molecule has 0 radical (unpaired) electrons. The summed E-state index contributed by atoms with van der Waals surface area (Å²) in [5, 5.41) is 11.6. The summed E-state index contributed by atoms with van der Waals surface area (Å²) in [6.45, 7) is 1.07. The summed E-state index contributed by atoms with van der Waals surface area (Å²) in [6.07, 6.45) is 6.20. The lowest BCUT2D eigenvalue weighted by Crippen LogP contribution is -2.33. The summed E-state index contributed by atoms with van der Waals surface area (Å²) in [5.41, 5.74) is 1.16. The first-order valence-electron chi connectivity index (χ1n) is 10.3. The number of carbonyl (C=O) groups is 2. The number of aromatic nitrogens is 2. The summed E-state index contributed by atoms with van der Waals surface area (Å²) in [6, 6.07) is 10.2. The number of hydrogen-bond donors (Lipinski definition) is 1. The van der Waals surface area contributed by atoms with Crippen LogP contribution in [0.4, 0.5) is 0 Å². The van der Waals surface area contributed by atoms with Crippen molar-refractivity contribution in [3.05, 3.63) is 41.8 Å². The minimum Gasteiger partial charge on any atom is -0.414 e. The summed E-state index contributed by atoms with van der Waals surface area (Å²) in [5.74, 6) is 1.21. The molecule has 0 spiro atoms. The molecule has 1 aliphatic heterocycles. The van der Waals surface area contributed by atoms with Gasteiger partial charge in [0.05, 0.1) is 18.3 Å². The van der Waals surface area contributed by atoms with Gasteiger partial charge >= 0.3 is 0 Å². The summed E-state index contributed by atoms with van der Waals surface area (Å²) < 4.78 is 5.60. The Kier molecular flexibility index (Phi) is 6.49. The van der Waals surface area contributed by atoms with Crippen molar-refractivity contribution < 1.29 is 14.0 Å². The smallest absolute Gasteiger partial charge is 0.277 e. The number of likely N-dealkylation sites (tertiary alicyclic amines) is 1. The molecule has 2 fully saturated rings. The molecule has 8 heteroatoms. The Labute approximate surface area is 174 Å². The van der Waals surface area contributed by atoms with Crippen LogP contribution in [0.25, 0.3) is 0 Å². The lowest BCUT2D eigenvalue weighted by atomic mass is 9.91. The number of nitrogens with zero attached hydrogens (tertiary/aromatic N) is 3. The lowest BCUT2D eigenvalue weighted by molar-refractivity contribution is -0.128. The topological polar surface area (TPSA) is 88.3 Å². The van der Waals surface area contributed by atoms with E-state index in [1.807, 2.05) is 18.2 Å². The van der Waals surface area contributed by atoms with Gasteiger partial charge in [-0.05, 0) is 30.7 Å². The predicted molar refractivity (Wildman–Crippen MR) is 109 cm³/mol. The third-order valence-electron chi connectivity index (χ3n) is 5.62. The Hall–Kier alpha value is -2.35. The predicted octanol–water partition coefficient (Wildman–Crippen LogP) is 3.33. The Morgan fingerprint density at radius 2 is 2.00 bits per heavy atom. The van der Waals surface area contributed by atoms with Gasteiger partial charge in [0, 0.05) is 13.0 Å². The second kappa shape index (κ2) is 9.43. The Morgan fingerprint density at radius 1 is 1.21 bits per heavy atom. The molecule has 154 valence electrons. The summed E-state index contributed by atoms with van der Waals surface area (Å²) in [7, 11) is 0. The summed E-state index contributed by atoms with van der Waals surface area (Å²) >= 11 is 1.23. The normalized spacial score (nSPS) is 18.3. The molecule has 0 bridgehead atoms. The molecule has 29 heavy (non-hydrogen) atoms. The van der Waals surface area contributed by atoms with Crippen molar-refractivity contribution in [1.82, 2.24) is 20.4 Å².